The molecule has 27 heavy (non-hydrogen) atoms. The van der Waals surface area contributed by atoms with Gasteiger partial charge in [-0.05, 0) is 35.7 Å². The van der Waals surface area contributed by atoms with Crippen LogP contribution in [0, 0.1) is 0 Å². The van der Waals surface area contributed by atoms with Crippen molar-refractivity contribution in [2.24, 2.45) is 0 Å². The molecule has 0 aliphatic heterocycles. The number of rotatable bonds is 7. The van der Waals surface area contributed by atoms with E-state index in [1.165, 1.54) is 13.1 Å². The van der Waals surface area contributed by atoms with Crippen molar-refractivity contribution in [2.45, 2.75) is 4.21 Å². The average Bonchev–Trinajstić information content (AvgIpc) is 3.23. The number of hydrogen-bond acceptors (Lipinski definition) is 5. The molecule has 1 amide bonds. The summed E-state index contributed by atoms with van der Waals surface area (Å²) >= 11 is 1.12. The molecule has 0 bridgehead atoms. The Labute approximate surface area is 162 Å². The van der Waals surface area contributed by atoms with Gasteiger partial charge in [0.25, 0.3) is 15.9 Å². The highest BCUT2D eigenvalue weighted by Gasteiger charge is 2.24. The number of carbonyl (C=O) groups is 1. The van der Waals surface area contributed by atoms with Gasteiger partial charge in [0.15, 0.2) is 0 Å². The van der Waals surface area contributed by atoms with Crippen molar-refractivity contribution >= 4 is 38.6 Å². The van der Waals surface area contributed by atoms with Crippen LogP contribution in [0.15, 0.2) is 82.4 Å². The first kappa shape index (κ1) is 19.1. The van der Waals surface area contributed by atoms with Gasteiger partial charge in [-0.3, -0.25) is 15.2 Å². The van der Waals surface area contributed by atoms with E-state index in [4.69, 9.17) is 0 Å². The zero-order chi connectivity index (χ0) is 19.3. The minimum atomic E-state index is -3.68. The van der Waals surface area contributed by atoms with Gasteiger partial charge in [0, 0.05) is 7.05 Å². The summed E-state index contributed by atoms with van der Waals surface area (Å²) in [5, 5.41) is 3.32. The maximum atomic E-state index is 12.6. The van der Waals surface area contributed by atoms with Crippen molar-refractivity contribution in [2.75, 3.05) is 18.6 Å². The third-order valence-corrected chi connectivity index (χ3v) is 6.97. The lowest BCUT2D eigenvalue weighted by molar-refractivity contribution is -0.121. The monoisotopic (exact) mass is 401 g/mol. The fraction of sp³-hybridized carbons (Fsp3) is 0.105. The quantitative estimate of drug-likeness (QED) is 0.617. The zero-order valence-corrected chi connectivity index (χ0v) is 16.3. The number of benzene rings is 2. The number of sulfonamides is 1. The topological polar surface area (TPSA) is 69.7 Å². The van der Waals surface area contributed by atoms with Crippen LogP contribution in [0.4, 0.5) is 11.4 Å². The number of carbonyl (C=O) groups excluding carboxylic acids is 1. The van der Waals surface area contributed by atoms with Gasteiger partial charge in [-0.1, -0.05) is 42.5 Å². The van der Waals surface area contributed by atoms with Crippen molar-refractivity contribution in [3.8, 4) is 0 Å². The van der Waals surface area contributed by atoms with Crippen LogP contribution >= 0.6 is 11.3 Å². The van der Waals surface area contributed by atoms with Gasteiger partial charge >= 0.3 is 0 Å². The van der Waals surface area contributed by atoms with Crippen LogP contribution in [-0.2, 0) is 14.8 Å². The molecule has 0 saturated heterocycles. The third-order valence-electron chi connectivity index (χ3n) is 3.79. The fourth-order valence-corrected chi connectivity index (χ4v) is 4.77. The molecule has 1 heterocycles. The first-order chi connectivity index (χ1) is 13.0. The molecule has 3 aromatic rings. The van der Waals surface area contributed by atoms with Crippen molar-refractivity contribution < 1.29 is 13.2 Å². The predicted molar refractivity (Wildman–Crippen MR) is 107 cm³/mol. The van der Waals surface area contributed by atoms with E-state index in [1.54, 1.807) is 16.5 Å². The summed E-state index contributed by atoms with van der Waals surface area (Å²) in [5.74, 6) is -0.440. The summed E-state index contributed by atoms with van der Waals surface area (Å²) in [6, 6.07) is 21.9. The van der Waals surface area contributed by atoms with Gasteiger partial charge in [0.2, 0.25) is 0 Å². The Kier molecular flexibility index (Phi) is 5.90. The van der Waals surface area contributed by atoms with Crippen molar-refractivity contribution in [1.29, 1.82) is 0 Å². The number of para-hydroxylation sites is 2. The minimum Gasteiger partial charge on any atom is -0.272 e. The van der Waals surface area contributed by atoms with Crippen LogP contribution in [0.25, 0.3) is 0 Å². The fourth-order valence-electron chi connectivity index (χ4n) is 2.44. The Morgan fingerprint density at radius 3 is 1.96 bits per heavy atom. The Balaban J connectivity index is 1.77. The summed E-state index contributed by atoms with van der Waals surface area (Å²) in [4.78, 5) is 12.6. The lowest BCUT2D eigenvalue weighted by Crippen LogP contribution is -2.45. The second kappa shape index (κ2) is 8.34. The van der Waals surface area contributed by atoms with E-state index in [0.29, 0.717) is 0 Å². The number of amides is 1. The first-order valence-corrected chi connectivity index (χ1v) is 10.5. The van der Waals surface area contributed by atoms with E-state index in [-0.39, 0.29) is 10.8 Å². The summed E-state index contributed by atoms with van der Waals surface area (Å²) < 4.78 is 26.2. The minimum absolute atomic E-state index is 0.209. The van der Waals surface area contributed by atoms with Gasteiger partial charge in [-0.25, -0.2) is 8.42 Å². The molecule has 0 unspecified atom stereocenters. The van der Waals surface area contributed by atoms with Gasteiger partial charge < -0.3 is 0 Å². The Hall–Kier alpha value is -2.68. The largest absolute Gasteiger partial charge is 0.272 e. The maximum absolute atomic E-state index is 12.6. The highest BCUT2D eigenvalue weighted by molar-refractivity contribution is 7.91. The molecule has 0 radical (unpaired) electrons. The molecule has 0 saturated carbocycles. The van der Waals surface area contributed by atoms with E-state index >= 15 is 0 Å². The highest BCUT2D eigenvalue weighted by atomic mass is 32.2. The molecule has 140 valence electrons. The molecule has 0 spiro atoms. The highest BCUT2D eigenvalue weighted by Crippen LogP contribution is 2.23. The van der Waals surface area contributed by atoms with Gasteiger partial charge in [0.1, 0.15) is 4.21 Å². The van der Waals surface area contributed by atoms with Crippen LogP contribution in [0.1, 0.15) is 0 Å². The number of hydrogen-bond donors (Lipinski definition) is 1. The molecule has 2 aromatic carbocycles. The van der Waals surface area contributed by atoms with Crippen LogP contribution in [0.3, 0.4) is 0 Å². The van der Waals surface area contributed by atoms with E-state index in [2.05, 4.69) is 5.43 Å². The lowest BCUT2D eigenvalue weighted by Gasteiger charge is -2.26. The summed E-state index contributed by atoms with van der Waals surface area (Å²) in [5.41, 5.74) is 4.32. The molecule has 1 aromatic heterocycles. The molecule has 3 rings (SSSR count). The molecule has 1 N–H and O–H groups in total. The number of nitrogens with one attached hydrogen (secondary N) is 1. The summed E-state index contributed by atoms with van der Waals surface area (Å²) in [6.45, 7) is -0.295. The molecular formula is C19H19N3O3S2. The van der Waals surface area contributed by atoms with Gasteiger partial charge in [-0.15, -0.1) is 11.3 Å². The Bertz CT molecular complexity index is 936. The van der Waals surface area contributed by atoms with Crippen LogP contribution in [0.2, 0.25) is 0 Å². The van der Waals surface area contributed by atoms with Crippen LogP contribution in [0.5, 0.6) is 0 Å². The predicted octanol–water partition coefficient (Wildman–Crippen LogP) is 3.24. The van der Waals surface area contributed by atoms with Gasteiger partial charge in [-0.2, -0.15) is 4.31 Å². The zero-order valence-electron chi connectivity index (χ0n) is 14.6. The van der Waals surface area contributed by atoms with E-state index in [1.807, 2.05) is 60.7 Å². The molecule has 8 heteroatoms. The lowest BCUT2D eigenvalue weighted by atomic mass is 10.2. The smallest absolute Gasteiger partial charge is 0.254 e. The number of nitrogens with zero attached hydrogens (tertiary/aromatic N) is 2. The Morgan fingerprint density at radius 2 is 1.48 bits per heavy atom. The molecule has 0 aliphatic rings. The second-order valence-electron chi connectivity index (χ2n) is 5.73. The number of anilines is 2. The van der Waals surface area contributed by atoms with Gasteiger partial charge in [0.05, 0.1) is 17.9 Å². The molecule has 0 fully saturated rings. The summed E-state index contributed by atoms with van der Waals surface area (Å²) in [7, 11) is -2.29. The van der Waals surface area contributed by atoms with Crippen LogP contribution < -0.4 is 10.4 Å². The molecule has 0 aliphatic carbocycles. The standard InChI is InChI=1S/C19H19N3O3S2/c1-21(27(24,25)19-13-8-14-26-19)15-18(23)20-22(16-9-4-2-5-10-16)17-11-6-3-7-12-17/h2-14H,15H2,1H3,(H,20,23). The van der Waals surface area contributed by atoms with Crippen LogP contribution in [-0.4, -0.2) is 32.2 Å². The molecule has 0 atom stereocenters. The normalized spacial score (nSPS) is 11.3. The number of likely N-dealkylation sites (N-methyl/N-ethyl adjacent to an activating group) is 1. The average molecular weight is 402 g/mol. The van der Waals surface area contributed by atoms with E-state index in [0.717, 1.165) is 27.0 Å². The van der Waals surface area contributed by atoms with Crippen molar-refractivity contribution in [3.05, 3.63) is 78.2 Å². The number of hydrazine groups is 1. The first-order valence-electron chi connectivity index (χ1n) is 8.18. The second-order valence-corrected chi connectivity index (χ2v) is 8.95. The van der Waals surface area contributed by atoms with Crippen molar-refractivity contribution in [1.82, 2.24) is 9.73 Å². The molecular weight excluding hydrogens is 382 g/mol. The van der Waals surface area contributed by atoms with E-state index < -0.39 is 15.9 Å². The summed E-state index contributed by atoms with van der Waals surface area (Å²) in [6.07, 6.45) is 0. The van der Waals surface area contributed by atoms with E-state index in [9.17, 15) is 13.2 Å². The SMILES string of the molecule is CN(CC(=O)NN(c1ccccc1)c1ccccc1)S(=O)(=O)c1cccs1. The third kappa shape index (κ3) is 4.54. The Morgan fingerprint density at radius 1 is 0.926 bits per heavy atom. The molecule has 6 nitrogen and oxygen atoms in total. The van der Waals surface area contributed by atoms with Crippen molar-refractivity contribution in [3.63, 3.8) is 0 Å². The maximum Gasteiger partial charge on any atom is 0.254 e. The number of thiophene rings is 1.